The zero-order chi connectivity index (χ0) is 17.9. The fourth-order valence-electron chi connectivity index (χ4n) is 1.94. The molecule has 1 aromatic rings. The molecule has 132 valence electrons. The summed E-state index contributed by atoms with van der Waals surface area (Å²) in [7, 11) is 0. The lowest BCUT2D eigenvalue weighted by molar-refractivity contribution is -0.123. The fraction of sp³-hybridized carbons (Fsp3) is 0.500. The molecule has 0 unspecified atom stereocenters. The van der Waals surface area contributed by atoms with Crippen LogP contribution in [0.4, 0.5) is 0 Å². The van der Waals surface area contributed by atoms with Gasteiger partial charge in [0.15, 0.2) is 6.61 Å². The molecule has 1 rings (SSSR count). The van der Waals surface area contributed by atoms with Gasteiger partial charge in [-0.15, -0.1) is 0 Å². The SMILES string of the molecule is CCCOC(=O)c1ccc(OCC(=O)N/N=C(\C)CC(C)C)cc1. The van der Waals surface area contributed by atoms with E-state index in [9.17, 15) is 9.59 Å². The standard InChI is InChI=1S/C18H26N2O4/c1-5-10-23-18(22)15-6-8-16(9-7-15)24-12-17(21)20-19-14(4)11-13(2)3/h6-9,13H,5,10-12H2,1-4H3,(H,20,21)/b19-14+. The summed E-state index contributed by atoms with van der Waals surface area (Å²) in [6.07, 6.45) is 1.61. The minimum Gasteiger partial charge on any atom is -0.484 e. The minimum absolute atomic E-state index is 0.141. The number of hydrogen-bond donors (Lipinski definition) is 1. The summed E-state index contributed by atoms with van der Waals surface area (Å²) in [5.74, 6) is 0.296. The van der Waals surface area contributed by atoms with Gasteiger partial charge in [-0.25, -0.2) is 10.2 Å². The number of nitrogens with one attached hydrogen (secondary N) is 1. The molecule has 0 aromatic heterocycles. The molecule has 24 heavy (non-hydrogen) atoms. The Morgan fingerprint density at radius 2 is 1.88 bits per heavy atom. The predicted octanol–water partition coefficient (Wildman–Crippen LogP) is 3.17. The topological polar surface area (TPSA) is 77.0 Å². The highest BCUT2D eigenvalue weighted by molar-refractivity contribution is 5.89. The third-order valence-electron chi connectivity index (χ3n) is 2.97. The molecule has 0 spiro atoms. The van der Waals surface area contributed by atoms with Crippen molar-refractivity contribution >= 4 is 17.6 Å². The molecule has 0 aliphatic heterocycles. The summed E-state index contributed by atoms with van der Waals surface area (Å²) in [5.41, 5.74) is 3.78. The minimum atomic E-state index is -0.365. The van der Waals surface area contributed by atoms with Crippen molar-refractivity contribution in [3.8, 4) is 5.75 Å². The van der Waals surface area contributed by atoms with Gasteiger partial charge in [0.1, 0.15) is 5.75 Å². The zero-order valence-corrected chi connectivity index (χ0v) is 14.8. The summed E-state index contributed by atoms with van der Waals surface area (Å²) >= 11 is 0. The van der Waals surface area contributed by atoms with Gasteiger partial charge < -0.3 is 9.47 Å². The quantitative estimate of drug-likeness (QED) is 0.427. The van der Waals surface area contributed by atoms with E-state index in [1.807, 2.05) is 13.8 Å². The van der Waals surface area contributed by atoms with Gasteiger partial charge in [0.05, 0.1) is 12.2 Å². The largest absolute Gasteiger partial charge is 0.484 e. The van der Waals surface area contributed by atoms with E-state index in [-0.39, 0.29) is 18.5 Å². The number of nitrogens with zero attached hydrogens (tertiary/aromatic N) is 1. The summed E-state index contributed by atoms with van der Waals surface area (Å²) in [5, 5.41) is 4.02. The van der Waals surface area contributed by atoms with Crippen molar-refractivity contribution in [2.75, 3.05) is 13.2 Å². The van der Waals surface area contributed by atoms with Crippen LogP contribution in [0.2, 0.25) is 0 Å². The third kappa shape index (κ3) is 7.76. The number of esters is 1. The van der Waals surface area contributed by atoms with Crippen molar-refractivity contribution in [2.45, 2.75) is 40.5 Å². The molecule has 0 atom stereocenters. The van der Waals surface area contributed by atoms with Crippen LogP contribution in [0.1, 0.15) is 50.9 Å². The molecular formula is C18H26N2O4. The summed E-state index contributed by atoms with van der Waals surface area (Å²) in [6, 6.07) is 6.47. The van der Waals surface area contributed by atoms with Crippen LogP contribution in [-0.2, 0) is 9.53 Å². The Balaban J connectivity index is 2.42. The average Bonchev–Trinajstić information content (AvgIpc) is 2.55. The molecule has 1 N–H and O–H groups in total. The molecule has 0 radical (unpaired) electrons. The van der Waals surface area contributed by atoms with Gasteiger partial charge in [0.2, 0.25) is 0 Å². The van der Waals surface area contributed by atoms with E-state index in [0.29, 0.717) is 23.8 Å². The average molecular weight is 334 g/mol. The van der Waals surface area contributed by atoms with E-state index in [0.717, 1.165) is 18.6 Å². The summed E-state index contributed by atoms with van der Waals surface area (Å²) in [6.45, 7) is 8.24. The first-order chi connectivity index (χ1) is 11.4. The van der Waals surface area contributed by atoms with Gasteiger partial charge in [-0.05, 0) is 49.9 Å². The number of hydrogen-bond acceptors (Lipinski definition) is 5. The van der Waals surface area contributed by atoms with Crippen molar-refractivity contribution < 1.29 is 19.1 Å². The van der Waals surface area contributed by atoms with Crippen molar-refractivity contribution in [3.05, 3.63) is 29.8 Å². The molecule has 0 saturated heterocycles. The van der Waals surface area contributed by atoms with Crippen LogP contribution < -0.4 is 10.2 Å². The number of carbonyl (C=O) groups is 2. The van der Waals surface area contributed by atoms with Gasteiger partial charge in [0.25, 0.3) is 5.91 Å². The second-order valence-corrected chi connectivity index (χ2v) is 5.93. The van der Waals surface area contributed by atoms with Crippen molar-refractivity contribution in [1.82, 2.24) is 5.43 Å². The lowest BCUT2D eigenvalue weighted by Crippen LogP contribution is -2.25. The second-order valence-electron chi connectivity index (χ2n) is 5.93. The van der Waals surface area contributed by atoms with E-state index >= 15 is 0 Å². The fourth-order valence-corrected chi connectivity index (χ4v) is 1.94. The van der Waals surface area contributed by atoms with Crippen LogP contribution in [0, 0.1) is 5.92 Å². The number of hydrazone groups is 1. The molecule has 0 saturated carbocycles. The van der Waals surface area contributed by atoms with Gasteiger partial charge in [0, 0.05) is 5.71 Å². The lowest BCUT2D eigenvalue weighted by atomic mass is 10.1. The Kier molecular flexibility index (Phi) is 8.54. The first-order valence-corrected chi connectivity index (χ1v) is 8.14. The molecule has 6 heteroatoms. The monoisotopic (exact) mass is 334 g/mol. The molecule has 1 amide bonds. The highest BCUT2D eigenvalue weighted by Gasteiger charge is 2.07. The van der Waals surface area contributed by atoms with E-state index in [2.05, 4.69) is 24.4 Å². The highest BCUT2D eigenvalue weighted by Crippen LogP contribution is 2.13. The van der Waals surface area contributed by atoms with Crippen LogP contribution in [-0.4, -0.2) is 30.8 Å². The molecule has 0 aliphatic carbocycles. The second kappa shape index (κ2) is 10.4. The van der Waals surface area contributed by atoms with Crippen molar-refractivity contribution in [1.29, 1.82) is 0 Å². The molecule has 0 fully saturated rings. The smallest absolute Gasteiger partial charge is 0.338 e. The molecule has 1 aromatic carbocycles. The first-order valence-electron chi connectivity index (χ1n) is 8.14. The lowest BCUT2D eigenvalue weighted by Gasteiger charge is -2.07. The summed E-state index contributed by atoms with van der Waals surface area (Å²) < 4.78 is 10.4. The number of ether oxygens (including phenoxy) is 2. The maximum absolute atomic E-state index is 11.7. The van der Waals surface area contributed by atoms with Crippen LogP contribution in [0.25, 0.3) is 0 Å². The third-order valence-corrected chi connectivity index (χ3v) is 2.97. The van der Waals surface area contributed by atoms with Gasteiger partial charge in [-0.3, -0.25) is 4.79 Å². The van der Waals surface area contributed by atoms with Crippen LogP contribution in [0.5, 0.6) is 5.75 Å². The Morgan fingerprint density at radius 3 is 2.46 bits per heavy atom. The van der Waals surface area contributed by atoms with E-state index in [4.69, 9.17) is 9.47 Å². The molecule has 6 nitrogen and oxygen atoms in total. The number of benzene rings is 1. The number of amides is 1. The van der Waals surface area contributed by atoms with Crippen molar-refractivity contribution in [3.63, 3.8) is 0 Å². The van der Waals surface area contributed by atoms with Gasteiger partial charge >= 0.3 is 5.97 Å². The maximum Gasteiger partial charge on any atom is 0.338 e. The molecule has 0 aliphatic rings. The predicted molar refractivity (Wildman–Crippen MR) is 93.2 cm³/mol. The Hall–Kier alpha value is -2.37. The zero-order valence-electron chi connectivity index (χ0n) is 14.8. The normalized spacial score (nSPS) is 11.3. The Morgan fingerprint density at radius 1 is 1.21 bits per heavy atom. The van der Waals surface area contributed by atoms with Crippen molar-refractivity contribution in [2.24, 2.45) is 11.0 Å². The van der Waals surface area contributed by atoms with Crippen LogP contribution in [0.15, 0.2) is 29.4 Å². The number of rotatable bonds is 9. The Bertz CT molecular complexity index is 565. The van der Waals surface area contributed by atoms with Gasteiger partial charge in [-0.1, -0.05) is 20.8 Å². The highest BCUT2D eigenvalue weighted by atomic mass is 16.5. The van der Waals surface area contributed by atoms with Crippen LogP contribution >= 0.6 is 0 Å². The first kappa shape index (κ1) is 19.7. The van der Waals surface area contributed by atoms with Gasteiger partial charge in [-0.2, -0.15) is 5.10 Å². The van der Waals surface area contributed by atoms with Crippen LogP contribution in [0.3, 0.4) is 0 Å². The molecule has 0 heterocycles. The maximum atomic E-state index is 11.7. The van der Waals surface area contributed by atoms with E-state index in [1.165, 1.54) is 0 Å². The van der Waals surface area contributed by atoms with E-state index in [1.54, 1.807) is 24.3 Å². The Labute approximate surface area is 143 Å². The summed E-state index contributed by atoms with van der Waals surface area (Å²) in [4.78, 5) is 23.3. The number of carbonyl (C=O) groups excluding carboxylic acids is 2. The molecular weight excluding hydrogens is 308 g/mol. The van der Waals surface area contributed by atoms with E-state index < -0.39 is 0 Å². The molecule has 0 bridgehead atoms.